The first-order valence-electron chi connectivity index (χ1n) is 12.6. The van der Waals surface area contributed by atoms with Crippen LogP contribution in [-0.2, 0) is 11.3 Å². The highest BCUT2D eigenvalue weighted by Gasteiger charge is 2.41. The van der Waals surface area contributed by atoms with E-state index in [4.69, 9.17) is 4.74 Å². The Bertz CT molecular complexity index is 1640. The molecule has 2 N–H and O–H groups in total. The predicted octanol–water partition coefficient (Wildman–Crippen LogP) is 5.71. The van der Waals surface area contributed by atoms with Gasteiger partial charge in [-0.05, 0) is 35.4 Å². The number of carbonyl (C=O) groups excluding carboxylic acids is 2. The van der Waals surface area contributed by atoms with Gasteiger partial charge < -0.3 is 19.9 Å². The number of aromatic amines is 1. The molecule has 188 valence electrons. The smallest absolute Gasteiger partial charge is 0.255 e. The summed E-state index contributed by atoms with van der Waals surface area (Å²) >= 11 is 0. The lowest BCUT2D eigenvalue weighted by atomic mass is 9.93. The third-order valence-corrected chi connectivity index (χ3v) is 7.08. The molecule has 1 unspecified atom stereocenters. The number of rotatable bonds is 7. The molecule has 0 aliphatic carbocycles. The van der Waals surface area contributed by atoms with Crippen molar-refractivity contribution in [1.29, 1.82) is 0 Å². The Labute approximate surface area is 220 Å². The summed E-state index contributed by atoms with van der Waals surface area (Å²) in [5, 5.41) is 3.99. The fraction of sp³-hybridized carbons (Fsp3) is 0.125. The van der Waals surface area contributed by atoms with Crippen molar-refractivity contribution in [2.24, 2.45) is 0 Å². The molecule has 2 heterocycles. The lowest BCUT2D eigenvalue weighted by Gasteiger charge is -2.26. The number of H-pyrrole nitrogens is 1. The van der Waals surface area contributed by atoms with Crippen LogP contribution in [0.2, 0.25) is 0 Å². The molecule has 0 saturated heterocycles. The van der Waals surface area contributed by atoms with Gasteiger partial charge in [0, 0.05) is 34.1 Å². The highest BCUT2D eigenvalue weighted by molar-refractivity contribution is 6.03. The number of nitrogens with zero attached hydrogens (tertiary/aromatic N) is 1. The number of nitrogens with one attached hydrogen (secondary N) is 2. The van der Waals surface area contributed by atoms with Crippen molar-refractivity contribution in [2.75, 3.05) is 13.7 Å². The second-order valence-electron chi connectivity index (χ2n) is 9.38. The maximum atomic E-state index is 13.7. The van der Waals surface area contributed by atoms with Gasteiger partial charge in [0.05, 0.1) is 18.8 Å². The van der Waals surface area contributed by atoms with Crippen LogP contribution < -0.4 is 10.1 Å². The van der Waals surface area contributed by atoms with Gasteiger partial charge in [-0.2, -0.15) is 0 Å². The van der Waals surface area contributed by atoms with Crippen molar-refractivity contribution in [3.8, 4) is 17.0 Å². The summed E-state index contributed by atoms with van der Waals surface area (Å²) in [5.41, 5.74) is 6.28. The number of amides is 2. The fourth-order valence-electron chi connectivity index (χ4n) is 5.31. The maximum Gasteiger partial charge on any atom is 0.255 e. The molecule has 2 amide bonds. The number of ether oxygens (including phenoxy) is 1. The van der Waals surface area contributed by atoms with Crippen LogP contribution in [0.5, 0.6) is 5.75 Å². The van der Waals surface area contributed by atoms with Gasteiger partial charge in [0.15, 0.2) is 0 Å². The predicted molar refractivity (Wildman–Crippen MR) is 148 cm³/mol. The van der Waals surface area contributed by atoms with Crippen LogP contribution in [0.3, 0.4) is 0 Å². The van der Waals surface area contributed by atoms with E-state index in [-0.39, 0.29) is 18.4 Å². The maximum absolute atomic E-state index is 13.7. The zero-order valence-corrected chi connectivity index (χ0v) is 21.0. The van der Waals surface area contributed by atoms with E-state index in [1.165, 1.54) is 0 Å². The first-order valence-corrected chi connectivity index (χ1v) is 12.6. The average molecular weight is 502 g/mol. The topological polar surface area (TPSA) is 74.4 Å². The van der Waals surface area contributed by atoms with Gasteiger partial charge in [0.1, 0.15) is 12.3 Å². The van der Waals surface area contributed by atoms with E-state index in [1.54, 1.807) is 12.0 Å². The van der Waals surface area contributed by atoms with Gasteiger partial charge in [0.2, 0.25) is 5.91 Å². The van der Waals surface area contributed by atoms with Crippen LogP contribution in [0.4, 0.5) is 0 Å². The molecule has 6 nitrogen and oxygen atoms in total. The Morgan fingerprint density at radius 3 is 2.53 bits per heavy atom. The summed E-state index contributed by atoms with van der Waals surface area (Å²) in [4.78, 5) is 32.1. The normalized spacial score (nSPS) is 14.5. The Balaban J connectivity index is 1.44. The van der Waals surface area contributed by atoms with Crippen molar-refractivity contribution in [3.63, 3.8) is 0 Å². The monoisotopic (exact) mass is 501 g/mol. The van der Waals surface area contributed by atoms with Crippen LogP contribution in [0.1, 0.15) is 33.1 Å². The van der Waals surface area contributed by atoms with Crippen LogP contribution in [0, 0.1) is 0 Å². The van der Waals surface area contributed by atoms with Crippen LogP contribution in [0.25, 0.3) is 22.2 Å². The SMILES string of the molecule is COc1cccc(-c2[nH]c3ccccc3c2C2c3ccccc3C(=O)N2CC(=O)NCc2ccccc2)c1. The molecule has 0 spiro atoms. The van der Waals surface area contributed by atoms with Gasteiger partial charge in [-0.15, -0.1) is 0 Å². The van der Waals surface area contributed by atoms with Crippen LogP contribution in [0.15, 0.2) is 103 Å². The quantitative estimate of drug-likeness (QED) is 0.300. The Morgan fingerprint density at radius 1 is 0.921 bits per heavy atom. The van der Waals surface area contributed by atoms with E-state index in [9.17, 15) is 9.59 Å². The summed E-state index contributed by atoms with van der Waals surface area (Å²) < 4.78 is 5.49. The Kier molecular flexibility index (Phi) is 6.14. The summed E-state index contributed by atoms with van der Waals surface area (Å²) in [6.45, 7) is 0.351. The van der Waals surface area contributed by atoms with Crippen LogP contribution in [-0.4, -0.2) is 35.4 Å². The van der Waals surface area contributed by atoms with Gasteiger partial charge in [0.25, 0.3) is 5.91 Å². The van der Waals surface area contributed by atoms with Crippen molar-refractivity contribution in [2.45, 2.75) is 12.6 Å². The summed E-state index contributed by atoms with van der Waals surface area (Å²) in [5.74, 6) is 0.386. The van der Waals surface area contributed by atoms with Crippen molar-refractivity contribution in [3.05, 3.63) is 125 Å². The summed E-state index contributed by atoms with van der Waals surface area (Å²) in [7, 11) is 1.65. The van der Waals surface area contributed by atoms with Crippen molar-refractivity contribution < 1.29 is 14.3 Å². The first kappa shape index (κ1) is 23.6. The number of hydrogen-bond acceptors (Lipinski definition) is 3. The molecule has 1 aromatic heterocycles. The number of methoxy groups -OCH3 is 1. The number of fused-ring (bicyclic) bond motifs is 2. The standard InChI is InChI=1S/C32H27N3O3/c1-38-23-13-9-12-22(18-23)30-29(26-16-7-8-17-27(26)34-30)31-24-14-5-6-15-25(24)32(37)35(31)20-28(36)33-19-21-10-3-2-4-11-21/h2-18,31,34H,19-20H2,1H3,(H,33,36). The average Bonchev–Trinajstić information content (AvgIpc) is 3.47. The van der Waals surface area contributed by atoms with E-state index < -0.39 is 6.04 Å². The molecule has 0 fully saturated rings. The van der Waals surface area contributed by atoms with E-state index in [0.29, 0.717) is 12.1 Å². The lowest BCUT2D eigenvalue weighted by Crippen LogP contribution is -2.39. The zero-order valence-electron chi connectivity index (χ0n) is 21.0. The highest BCUT2D eigenvalue weighted by atomic mass is 16.5. The summed E-state index contributed by atoms with van der Waals surface area (Å²) in [6.07, 6.45) is 0. The van der Waals surface area contributed by atoms with Gasteiger partial charge in [-0.3, -0.25) is 9.59 Å². The molecule has 0 saturated carbocycles. The molecule has 6 heteroatoms. The lowest BCUT2D eigenvalue weighted by molar-refractivity contribution is -0.122. The van der Waals surface area contributed by atoms with Crippen molar-refractivity contribution in [1.82, 2.24) is 15.2 Å². The fourth-order valence-corrected chi connectivity index (χ4v) is 5.31. The molecule has 5 aromatic rings. The minimum atomic E-state index is -0.432. The number of para-hydroxylation sites is 1. The molecule has 4 aromatic carbocycles. The third-order valence-electron chi connectivity index (χ3n) is 7.08. The molecule has 1 atom stereocenters. The second kappa shape index (κ2) is 9.90. The minimum absolute atomic E-state index is 0.0535. The van der Waals surface area contributed by atoms with Crippen LogP contribution >= 0.6 is 0 Å². The Hall–Kier alpha value is -4.84. The Morgan fingerprint density at radius 2 is 1.68 bits per heavy atom. The highest BCUT2D eigenvalue weighted by Crippen LogP contribution is 2.45. The van der Waals surface area contributed by atoms with E-state index in [1.807, 2.05) is 97.1 Å². The van der Waals surface area contributed by atoms with E-state index in [0.717, 1.165) is 44.6 Å². The minimum Gasteiger partial charge on any atom is -0.497 e. The van der Waals surface area contributed by atoms with E-state index in [2.05, 4.69) is 16.4 Å². The van der Waals surface area contributed by atoms with Gasteiger partial charge in [-0.1, -0.05) is 78.9 Å². The molecular formula is C32H27N3O3. The molecular weight excluding hydrogens is 474 g/mol. The molecule has 38 heavy (non-hydrogen) atoms. The zero-order chi connectivity index (χ0) is 26.1. The number of carbonyl (C=O) groups is 2. The van der Waals surface area contributed by atoms with E-state index >= 15 is 0 Å². The first-order chi connectivity index (χ1) is 18.6. The number of aromatic nitrogens is 1. The molecule has 0 radical (unpaired) electrons. The number of benzene rings is 4. The van der Waals surface area contributed by atoms with Gasteiger partial charge >= 0.3 is 0 Å². The van der Waals surface area contributed by atoms with Gasteiger partial charge in [-0.25, -0.2) is 0 Å². The number of hydrogen-bond donors (Lipinski definition) is 2. The molecule has 0 bridgehead atoms. The third kappa shape index (κ3) is 4.20. The summed E-state index contributed by atoms with van der Waals surface area (Å²) in [6, 6.07) is 32.9. The molecule has 1 aliphatic rings. The van der Waals surface area contributed by atoms with Crippen molar-refractivity contribution >= 4 is 22.7 Å². The second-order valence-corrected chi connectivity index (χ2v) is 9.38. The molecule has 6 rings (SSSR count). The largest absolute Gasteiger partial charge is 0.497 e. The molecule has 1 aliphatic heterocycles.